The molecule has 1 aliphatic rings. The molecule has 1 unspecified atom stereocenters. The van der Waals surface area contributed by atoms with E-state index >= 15 is 0 Å². The van der Waals surface area contributed by atoms with Crippen molar-refractivity contribution in [1.29, 1.82) is 0 Å². The number of amides is 1. The van der Waals surface area contributed by atoms with Crippen molar-refractivity contribution in [1.82, 2.24) is 10.3 Å². The summed E-state index contributed by atoms with van der Waals surface area (Å²) in [5.74, 6) is -0.225. The van der Waals surface area contributed by atoms with Gasteiger partial charge in [0.1, 0.15) is 16.2 Å². The summed E-state index contributed by atoms with van der Waals surface area (Å²) in [4.78, 5) is 30.9. The Kier molecular flexibility index (Phi) is 6.90. The second kappa shape index (κ2) is 9.66. The number of aromatic nitrogens is 1. The average Bonchev–Trinajstić information content (AvgIpc) is 3.33. The third kappa shape index (κ3) is 4.56. The number of thiophene rings is 1. The van der Waals surface area contributed by atoms with Crippen LogP contribution in [0.25, 0.3) is 0 Å². The van der Waals surface area contributed by atoms with Gasteiger partial charge in [0.15, 0.2) is 0 Å². The fraction of sp³-hybridized carbons (Fsp3) is 0.136. The van der Waals surface area contributed by atoms with Crippen LogP contribution in [0.4, 0.5) is 4.79 Å². The monoisotopic (exact) mass is 550 g/mol. The number of nitrogens with one attached hydrogen (secondary N) is 1. The molecule has 164 valence electrons. The number of carbonyl (C=O) groups is 2. The molecule has 0 fully saturated rings. The fourth-order valence-electron chi connectivity index (χ4n) is 3.32. The molecule has 3 aromatic rings. The Hall–Kier alpha value is -2.33. The summed E-state index contributed by atoms with van der Waals surface area (Å²) >= 11 is 12.3. The highest BCUT2D eigenvalue weighted by Gasteiger charge is 2.45. The van der Waals surface area contributed by atoms with Gasteiger partial charge in [-0.05, 0) is 62.6 Å². The predicted molar refractivity (Wildman–Crippen MR) is 128 cm³/mol. The lowest BCUT2D eigenvalue weighted by Crippen LogP contribution is -2.51. The van der Waals surface area contributed by atoms with Crippen molar-refractivity contribution in [3.05, 3.63) is 90.8 Å². The predicted octanol–water partition coefficient (Wildman–Crippen LogP) is 6.11. The van der Waals surface area contributed by atoms with Crippen molar-refractivity contribution >= 4 is 62.7 Å². The SMILES string of the molecule is COC(=O)OC1=C(Sc2ccccc2Cl)C(=O)NC(c2ccsc2)(c2ccc(Br)cn2)C1. The van der Waals surface area contributed by atoms with Crippen LogP contribution >= 0.6 is 50.6 Å². The number of hydrogen-bond donors (Lipinski definition) is 1. The van der Waals surface area contributed by atoms with Gasteiger partial charge in [-0.25, -0.2) is 4.79 Å². The zero-order valence-electron chi connectivity index (χ0n) is 16.6. The molecule has 1 aromatic carbocycles. The van der Waals surface area contributed by atoms with E-state index in [0.29, 0.717) is 15.6 Å². The molecule has 4 rings (SSSR count). The Morgan fingerprint density at radius 2 is 2.09 bits per heavy atom. The quantitative estimate of drug-likeness (QED) is 0.386. The molecular formula is C22H16BrClN2O4S2. The number of thioether (sulfide) groups is 1. The first-order chi connectivity index (χ1) is 15.4. The van der Waals surface area contributed by atoms with Gasteiger partial charge in [0, 0.05) is 22.0 Å². The van der Waals surface area contributed by atoms with Crippen molar-refractivity contribution in [3.63, 3.8) is 0 Å². The molecule has 3 heterocycles. The minimum absolute atomic E-state index is 0.159. The molecule has 0 aliphatic carbocycles. The largest absolute Gasteiger partial charge is 0.513 e. The highest BCUT2D eigenvalue weighted by atomic mass is 79.9. The zero-order chi connectivity index (χ0) is 22.7. The van der Waals surface area contributed by atoms with E-state index in [-0.39, 0.29) is 17.1 Å². The maximum absolute atomic E-state index is 13.4. The lowest BCUT2D eigenvalue weighted by Gasteiger charge is -2.38. The molecule has 6 nitrogen and oxygen atoms in total. The third-order valence-corrected chi connectivity index (χ3v) is 7.60. The molecule has 1 aliphatic heterocycles. The Morgan fingerprint density at radius 1 is 1.28 bits per heavy atom. The van der Waals surface area contributed by atoms with Crippen molar-refractivity contribution in [2.75, 3.05) is 7.11 Å². The number of rotatable bonds is 5. The van der Waals surface area contributed by atoms with Gasteiger partial charge in [-0.1, -0.05) is 35.5 Å². The Labute approximate surface area is 206 Å². The van der Waals surface area contributed by atoms with Crippen LogP contribution in [0.1, 0.15) is 17.7 Å². The first-order valence-electron chi connectivity index (χ1n) is 9.31. The Morgan fingerprint density at radius 3 is 2.75 bits per heavy atom. The van der Waals surface area contributed by atoms with Crippen molar-refractivity contribution in [2.24, 2.45) is 0 Å². The zero-order valence-corrected chi connectivity index (χ0v) is 20.6. The normalized spacial score (nSPS) is 18.3. The highest BCUT2D eigenvalue weighted by molar-refractivity contribution is 9.10. The second-order valence-electron chi connectivity index (χ2n) is 6.75. The smallest absolute Gasteiger partial charge is 0.437 e. The number of halogens is 2. The summed E-state index contributed by atoms with van der Waals surface area (Å²) < 4.78 is 11.0. The molecular weight excluding hydrogens is 536 g/mol. The van der Waals surface area contributed by atoms with E-state index in [1.54, 1.807) is 24.4 Å². The molecule has 32 heavy (non-hydrogen) atoms. The van der Waals surface area contributed by atoms with Gasteiger partial charge in [0.05, 0.1) is 17.8 Å². The van der Waals surface area contributed by atoms with Crippen LogP contribution in [0, 0.1) is 0 Å². The third-order valence-electron chi connectivity index (χ3n) is 4.81. The van der Waals surface area contributed by atoms with E-state index in [0.717, 1.165) is 21.8 Å². The lowest BCUT2D eigenvalue weighted by atomic mass is 9.82. The van der Waals surface area contributed by atoms with Crippen LogP contribution < -0.4 is 5.32 Å². The van der Waals surface area contributed by atoms with Crippen molar-refractivity contribution in [3.8, 4) is 0 Å². The van der Waals surface area contributed by atoms with Gasteiger partial charge in [-0.3, -0.25) is 9.78 Å². The van der Waals surface area contributed by atoms with Crippen LogP contribution in [-0.4, -0.2) is 24.2 Å². The van der Waals surface area contributed by atoms with E-state index in [1.165, 1.54) is 18.4 Å². The van der Waals surface area contributed by atoms with E-state index in [4.69, 9.17) is 21.1 Å². The molecule has 0 saturated heterocycles. The molecule has 1 amide bonds. The number of carbonyl (C=O) groups excluding carboxylic acids is 2. The van der Waals surface area contributed by atoms with Gasteiger partial charge in [0.2, 0.25) is 0 Å². The Bertz CT molecular complexity index is 1180. The van der Waals surface area contributed by atoms with Crippen LogP contribution in [0.5, 0.6) is 0 Å². The molecule has 10 heteroatoms. The number of nitrogens with zero attached hydrogens (tertiary/aromatic N) is 1. The summed E-state index contributed by atoms with van der Waals surface area (Å²) in [5.41, 5.74) is 0.421. The van der Waals surface area contributed by atoms with Gasteiger partial charge in [-0.15, -0.1) is 0 Å². The number of methoxy groups -OCH3 is 1. The molecule has 0 radical (unpaired) electrons. The maximum atomic E-state index is 13.4. The van der Waals surface area contributed by atoms with E-state index < -0.39 is 17.6 Å². The summed E-state index contributed by atoms with van der Waals surface area (Å²) in [7, 11) is 1.22. The molecule has 2 aromatic heterocycles. The summed E-state index contributed by atoms with van der Waals surface area (Å²) in [5, 5.41) is 7.45. The average molecular weight is 552 g/mol. The molecule has 1 N–H and O–H groups in total. The molecule has 1 atom stereocenters. The van der Waals surface area contributed by atoms with E-state index in [2.05, 4.69) is 26.2 Å². The standard InChI is InChI=1S/C22H16BrClN2O4S2/c1-29-21(28)30-16-10-22(13-8-9-31-12-13,18-7-6-14(23)11-25-18)26-20(27)19(16)32-17-5-3-2-4-15(17)24/h2-9,11-12H,10H2,1H3,(H,26,27). The maximum Gasteiger partial charge on any atom is 0.513 e. The fourth-order valence-corrected chi connectivity index (χ4v) is 5.44. The summed E-state index contributed by atoms with van der Waals surface area (Å²) in [6.45, 7) is 0. The van der Waals surface area contributed by atoms with E-state index in [1.807, 2.05) is 35.0 Å². The molecule has 0 bridgehead atoms. The van der Waals surface area contributed by atoms with Crippen LogP contribution in [0.3, 0.4) is 0 Å². The topological polar surface area (TPSA) is 77.5 Å². The Balaban J connectivity index is 1.84. The van der Waals surface area contributed by atoms with E-state index in [9.17, 15) is 9.59 Å². The lowest BCUT2D eigenvalue weighted by molar-refractivity contribution is -0.119. The minimum atomic E-state index is -1.02. The summed E-state index contributed by atoms with van der Waals surface area (Å²) in [6, 6.07) is 12.7. The van der Waals surface area contributed by atoms with Crippen LogP contribution in [0.15, 0.2) is 79.5 Å². The highest BCUT2D eigenvalue weighted by Crippen LogP contribution is 2.45. The number of hydrogen-bond acceptors (Lipinski definition) is 7. The van der Waals surface area contributed by atoms with Crippen LogP contribution in [0.2, 0.25) is 5.02 Å². The van der Waals surface area contributed by atoms with Crippen LogP contribution in [-0.2, 0) is 19.8 Å². The van der Waals surface area contributed by atoms with Gasteiger partial charge >= 0.3 is 6.16 Å². The van der Waals surface area contributed by atoms with Gasteiger partial charge < -0.3 is 14.8 Å². The number of pyridine rings is 1. The molecule has 0 spiro atoms. The first-order valence-corrected chi connectivity index (χ1v) is 12.2. The second-order valence-corrected chi connectivity index (χ2v) is 9.91. The van der Waals surface area contributed by atoms with Gasteiger partial charge in [0.25, 0.3) is 5.91 Å². The first kappa shape index (κ1) is 22.8. The van der Waals surface area contributed by atoms with Gasteiger partial charge in [-0.2, -0.15) is 11.3 Å². The molecule has 0 saturated carbocycles. The van der Waals surface area contributed by atoms with Crippen molar-refractivity contribution in [2.45, 2.75) is 16.9 Å². The van der Waals surface area contributed by atoms with Crippen molar-refractivity contribution < 1.29 is 19.1 Å². The number of ether oxygens (including phenoxy) is 2. The summed E-state index contributed by atoms with van der Waals surface area (Å²) in [6.07, 6.45) is 0.912. The minimum Gasteiger partial charge on any atom is -0.437 e. The number of benzene rings is 1.